The van der Waals surface area contributed by atoms with Crippen LogP contribution in [0.15, 0.2) is 60.7 Å². The molecule has 1 heteroatoms. The average Bonchev–Trinajstić information content (AvgIpc) is 2.40. The summed E-state index contributed by atoms with van der Waals surface area (Å²) in [5.74, 6) is 0.124. The largest absolute Gasteiger partial charge is 0.295 e. The number of hydrogen-bond donors (Lipinski definition) is 0. The minimum absolute atomic E-state index is 0.124. The van der Waals surface area contributed by atoms with E-state index in [1.165, 1.54) is 5.56 Å². The van der Waals surface area contributed by atoms with E-state index in [9.17, 15) is 4.79 Å². The van der Waals surface area contributed by atoms with Gasteiger partial charge < -0.3 is 0 Å². The van der Waals surface area contributed by atoms with E-state index >= 15 is 0 Å². The fraction of sp³-hybridized carbons (Fsp3) is 0.118. The van der Waals surface area contributed by atoms with Crippen molar-refractivity contribution in [2.45, 2.75) is 13.3 Å². The number of ketones is 1. The summed E-state index contributed by atoms with van der Waals surface area (Å²) in [6.07, 6.45) is 4.96. The number of rotatable bonds is 4. The summed E-state index contributed by atoms with van der Waals surface area (Å²) in [5, 5.41) is 0. The van der Waals surface area contributed by atoms with Crippen LogP contribution in [0.4, 0.5) is 0 Å². The lowest BCUT2D eigenvalue weighted by Gasteiger charge is -2.03. The number of Topliss-reactive ketones (excluding diaryl/α,β-unsaturated/α-hetero) is 1. The van der Waals surface area contributed by atoms with Gasteiger partial charge in [-0.25, -0.2) is 0 Å². The Kier molecular flexibility index (Phi) is 4.08. The van der Waals surface area contributed by atoms with Gasteiger partial charge in [0.05, 0.1) is 0 Å². The van der Waals surface area contributed by atoms with Gasteiger partial charge in [-0.2, -0.15) is 0 Å². The van der Waals surface area contributed by atoms with E-state index in [-0.39, 0.29) is 5.78 Å². The molecule has 18 heavy (non-hydrogen) atoms. The molecule has 0 amide bonds. The Bertz CT molecular complexity index is 553. The van der Waals surface area contributed by atoms with Crippen LogP contribution in [-0.4, -0.2) is 5.78 Å². The molecule has 0 aliphatic rings. The first kappa shape index (κ1) is 12.3. The number of hydrogen-bond acceptors (Lipinski definition) is 1. The van der Waals surface area contributed by atoms with Crippen LogP contribution in [0, 0.1) is 0 Å². The quantitative estimate of drug-likeness (QED) is 0.729. The molecule has 0 unspecified atom stereocenters. The third-order valence-corrected chi connectivity index (χ3v) is 2.84. The molecule has 90 valence electrons. The Morgan fingerprint density at radius 2 is 1.67 bits per heavy atom. The van der Waals surface area contributed by atoms with Crippen molar-refractivity contribution in [2.75, 3.05) is 0 Å². The summed E-state index contributed by atoms with van der Waals surface area (Å²) >= 11 is 0. The Balaban J connectivity index is 2.11. The highest BCUT2D eigenvalue weighted by molar-refractivity contribution is 5.95. The molecule has 0 saturated carbocycles. The van der Waals surface area contributed by atoms with Gasteiger partial charge >= 0.3 is 0 Å². The molecule has 0 aliphatic heterocycles. The number of allylic oxidation sites excluding steroid dienone is 1. The van der Waals surface area contributed by atoms with Crippen LogP contribution in [0.25, 0.3) is 6.08 Å². The van der Waals surface area contributed by atoms with Crippen molar-refractivity contribution in [1.82, 2.24) is 0 Å². The smallest absolute Gasteiger partial charge is 0.160 e. The van der Waals surface area contributed by atoms with Crippen molar-refractivity contribution in [3.63, 3.8) is 0 Å². The molecular formula is C17H16O. The minimum Gasteiger partial charge on any atom is -0.295 e. The van der Waals surface area contributed by atoms with Crippen LogP contribution in [0.5, 0.6) is 0 Å². The van der Waals surface area contributed by atoms with Crippen LogP contribution in [0.3, 0.4) is 0 Å². The zero-order chi connectivity index (χ0) is 12.8. The third kappa shape index (κ3) is 3.17. The summed E-state index contributed by atoms with van der Waals surface area (Å²) in [6.45, 7) is 1.61. The molecule has 0 radical (unpaired) electrons. The van der Waals surface area contributed by atoms with Gasteiger partial charge in [0.25, 0.3) is 0 Å². The van der Waals surface area contributed by atoms with Gasteiger partial charge in [-0.05, 0) is 24.5 Å². The molecule has 0 spiro atoms. The monoisotopic (exact) mass is 236 g/mol. The lowest BCUT2D eigenvalue weighted by molar-refractivity contribution is 0.101. The Hall–Kier alpha value is -2.15. The lowest BCUT2D eigenvalue weighted by atomic mass is 10.0. The highest BCUT2D eigenvalue weighted by Crippen LogP contribution is 2.11. The van der Waals surface area contributed by atoms with E-state index in [1.54, 1.807) is 6.92 Å². The zero-order valence-corrected chi connectivity index (χ0v) is 10.5. The Labute approximate surface area is 108 Å². The van der Waals surface area contributed by atoms with Crippen molar-refractivity contribution >= 4 is 11.9 Å². The first-order chi connectivity index (χ1) is 8.77. The van der Waals surface area contributed by atoms with Crippen molar-refractivity contribution in [2.24, 2.45) is 0 Å². The van der Waals surface area contributed by atoms with Gasteiger partial charge in [0, 0.05) is 5.56 Å². The second kappa shape index (κ2) is 5.97. The first-order valence-electron chi connectivity index (χ1n) is 6.08. The SMILES string of the molecule is CC(=O)c1ccccc1C/C=C/c1ccccc1. The van der Waals surface area contributed by atoms with E-state index in [4.69, 9.17) is 0 Å². The van der Waals surface area contributed by atoms with Crippen LogP contribution < -0.4 is 0 Å². The molecule has 0 aromatic heterocycles. The molecule has 0 bridgehead atoms. The minimum atomic E-state index is 0.124. The van der Waals surface area contributed by atoms with Gasteiger partial charge in [0.2, 0.25) is 0 Å². The maximum Gasteiger partial charge on any atom is 0.160 e. The highest BCUT2D eigenvalue weighted by atomic mass is 16.1. The molecule has 0 fully saturated rings. The molecule has 2 aromatic rings. The first-order valence-corrected chi connectivity index (χ1v) is 6.08. The van der Waals surface area contributed by atoms with Crippen LogP contribution in [0.1, 0.15) is 28.4 Å². The molecular weight excluding hydrogens is 220 g/mol. The topological polar surface area (TPSA) is 17.1 Å². The van der Waals surface area contributed by atoms with Crippen molar-refractivity contribution in [3.05, 3.63) is 77.4 Å². The zero-order valence-electron chi connectivity index (χ0n) is 10.5. The average molecular weight is 236 g/mol. The number of benzene rings is 2. The van der Waals surface area contributed by atoms with Gasteiger partial charge in [-0.1, -0.05) is 66.7 Å². The third-order valence-electron chi connectivity index (χ3n) is 2.84. The molecule has 2 rings (SSSR count). The summed E-state index contributed by atoms with van der Waals surface area (Å²) in [5.41, 5.74) is 3.07. The van der Waals surface area contributed by atoms with Crippen molar-refractivity contribution < 1.29 is 4.79 Å². The number of carbonyl (C=O) groups is 1. The fourth-order valence-electron chi connectivity index (χ4n) is 1.93. The second-order valence-electron chi connectivity index (χ2n) is 4.23. The number of carbonyl (C=O) groups excluding carboxylic acids is 1. The summed E-state index contributed by atoms with van der Waals surface area (Å²) in [6, 6.07) is 17.9. The van der Waals surface area contributed by atoms with Crippen LogP contribution >= 0.6 is 0 Å². The molecule has 2 aromatic carbocycles. The normalized spacial score (nSPS) is 10.7. The summed E-state index contributed by atoms with van der Waals surface area (Å²) in [7, 11) is 0. The van der Waals surface area contributed by atoms with Crippen molar-refractivity contribution in [1.29, 1.82) is 0 Å². The van der Waals surface area contributed by atoms with Crippen LogP contribution in [-0.2, 0) is 6.42 Å². The maximum absolute atomic E-state index is 11.5. The van der Waals surface area contributed by atoms with E-state index in [1.807, 2.05) is 42.5 Å². The summed E-state index contributed by atoms with van der Waals surface area (Å²) < 4.78 is 0. The van der Waals surface area contributed by atoms with E-state index in [2.05, 4.69) is 24.3 Å². The van der Waals surface area contributed by atoms with Gasteiger partial charge in [-0.3, -0.25) is 4.79 Å². The standard InChI is InChI=1S/C17H16O/c1-14(18)17-13-6-5-11-16(17)12-7-10-15-8-3-2-4-9-15/h2-11,13H,12H2,1H3/b10-7+. The predicted molar refractivity (Wildman–Crippen MR) is 75.6 cm³/mol. The van der Waals surface area contributed by atoms with Crippen LogP contribution in [0.2, 0.25) is 0 Å². The highest BCUT2D eigenvalue weighted by Gasteiger charge is 2.03. The molecule has 0 N–H and O–H groups in total. The second-order valence-corrected chi connectivity index (χ2v) is 4.23. The molecule has 0 heterocycles. The van der Waals surface area contributed by atoms with Gasteiger partial charge in [0.15, 0.2) is 5.78 Å². The fourth-order valence-corrected chi connectivity index (χ4v) is 1.93. The lowest BCUT2D eigenvalue weighted by Crippen LogP contribution is -1.97. The van der Waals surface area contributed by atoms with Crippen molar-refractivity contribution in [3.8, 4) is 0 Å². The maximum atomic E-state index is 11.5. The molecule has 0 saturated heterocycles. The Morgan fingerprint density at radius 1 is 1.00 bits per heavy atom. The predicted octanol–water partition coefficient (Wildman–Crippen LogP) is 4.15. The van der Waals surface area contributed by atoms with E-state index in [0.717, 1.165) is 17.5 Å². The Morgan fingerprint density at radius 3 is 2.39 bits per heavy atom. The molecule has 1 nitrogen and oxygen atoms in total. The summed E-state index contributed by atoms with van der Waals surface area (Å²) in [4.78, 5) is 11.5. The molecule has 0 aliphatic carbocycles. The van der Waals surface area contributed by atoms with Gasteiger partial charge in [0.1, 0.15) is 0 Å². The van der Waals surface area contributed by atoms with E-state index < -0.39 is 0 Å². The molecule has 0 atom stereocenters. The van der Waals surface area contributed by atoms with E-state index in [0.29, 0.717) is 0 Å². The van der Waals surface area contributed by atoms with Gasteiger partial charge in [-0.15, -0.1) is 0 Å².